The number of carbonyl (C=O) groups excluding carboxylic acids is 1. The summed E-state index contributed by atoms with van der Waals surface area (Å²) in [5.41, 5.74) is 1.33. The summed E-state index contributed by atoms with van der Waals surface area (Å²) in [6.45, 7) is 0. The Balaban J connectivity index is 1.54. The molecule has 1 aliphatic carbocycles. The van der Waals surface area contributed by atoms with Gasteiger partial charge < -0.3 is 47.4 Å². The monoisotopic (exact) mass is 660 g/mol. The molecule has 3 aliphatic heterocycles. The van der Waals surface area contributed by atoms with Gasteiger partial charge in [0, 0.05) is 48.4 Å². The van der Waals surface area contributed by atoms with Crippen LogP contribution in [0.5, 0.6) is 23.0 Å². The first-order valence-corrected chi connectivity index (χ1v) is 15.8. The predicted octanol–water partition coefficient (Wildman–Crippen LogP) is 5.52. The van der Waals surface area contributed by atoms with Gasteiger partial charge in [0.2, 0.25) is 17.1 Å². The van der Waals surface area contributed by atoms with E-state index in [1.165, 1.54) is 35.5 Å². The summed E-state index contributed by atoms with van der Waals surface area (Å²) in [4.78, 5) is 14.5. The number of fused-ring (bicyclic) bond motifs is 6. The SMILES string of the molecule is COc1c2c(c3c(c1OC)C1(OC)C4=C(C(=O)C(OC)C1(OC)O3)C(OC)CC(c1ccccc1)O4)C(OC)CC(c1ccccc1)O2. The number of hydrogen-bond acceptors (Lipinski definition) is 11. The van der Waals surface area contributed by atoms with E-state index in [4.69, 9.17) is 47.4 Å². The fourth-order valence-electron chi connectivity index (χ4n) is 7.94. The molecule has 0 saturated carbocycles. The summed E-state index contributed by atoms with van der Waals surface area (Å²) in [6.07, 6.45) is -2.54. The zero-order valence-corrected chi connectivity index (χ0v) is 28.1. The average molecular weight is 661 g/mol. The lowest BCUT2D eigenvalue weighted by Crippen LogP contribution is -2.69. The Labute approximate surface area is 279 Å². The molecular formula is C37H40O11. The van der Waals surface area contributed by atoms with E-state index in [0.717, 1.165) is 11.1 Å². The van der Waals surface area contributed by atoms with Crippen LogP contribution < -0.4 is 18.9 Å². The summed E-state index contributed by atoms with van der Waals surface area (Å²) in [6, 6.07) is 19.6. The lowest BCUT2D eigenvalue weighted by molar-refractivity contribution is -0.310. The van der Waals surface area contributed by atoms with Crippen molar-refractivity contribution in [1.82, 2.24) is 0 Å². The van der Waals surface area contributed by atoms with Crippen molar-refractivity contribution in [2.24, 2.45) is 0 Å². The number of rotatable bonds is 9. The molecule has 0 bridgehead atoms. The summed E-state index contributed by atoms with van der Waals surface area (Å²) in [7, 11) is 10.6. The van der Waals surface area contributed by atoms with E-state index < -0.39 is 41.6 Å². The van der Waals surface area contributed by atoms with Crippen molar-refractivity contribution in [3.63, 3.8) is 0 Å². The second-order valence-electron chi connectivity index (χ2n) is 12.0. The van der Waals surface area contributed by atoms with Gasteiger partial charge in [-0.05, 0) is 11.1 Å². The van der Waals surface area contributed by atoms with Crippen LogP contribution in [-0.4, -0.2) is 73.5 Å². The highest BCUT2D eigenvalue weighted by Crippen LogP contribution is 2.69. The van der Waals surface area contributed by atoms with Crippen LogP contribution in [0.25, 0.3) is 0 Å². The van der Waals surface area contributed by atoms with E-state index in [1.54, 1.807) is 14.2 Å². The van der Waals surface area contributed by atoms with Gasteiger partial charge in [0.25, 0.3) is 5.79 Å². The summed E-state index contributed by atoms with van der Waals surface area (Å²) in [5.74, 6) is -0.910. The number of hydrogen-bond donors (Lipinski definition) is 0. The van der Waals surface area contributed by atoms with Crippen LogP contribution >= 0.6 is 0 Å². The molecule has 0 spiro atoms. The zero-order valence-electron chi connectivity index (χ0n) is 28.1. The number of Topliss-reactive ketones (excluding diaryl/α,β-unsaturated/α-hetero) is 1. The van der Waals surface area contributed by atoms with Crippen molar-refractivity contribution in [2.75, 3.05) is 49.8 Å². The first-order valence-electron chi connectivity index (χ1n) is 15.8. The third-order valence-corrected chi connectivity index (χ3v) is 10.1. The van der Waals surface area contributed by atoms with Crippen LogP contribution in [0, 0.1) is 0 Å². The molecule has 3 heterocycles. The van der Waals surface area contributed by atoms with E-state index in [-0.39, 0.29) is 23.2 Å². The van der Waals surface area contributed by atoms with Gasteiger partial charge in [-0.1, -0.05) is 60.7 Å². The van der Waals surface area contributed by atoms with Gasteiger partial charge in [0.15, 0.2) is 23.4 Å². The lowest BCUT2D eigenvalue weighted by Gasteiger charge is -2.51. The molecule has 11 nitrogen and oxygen atoms in total. The molecule has 0 N–H and O–H groups in total. The van der Waals surface area contributed by atoms with Gasteiger partial charge >= 0.3 is 0 Å². The van der Waals surface area contributed by atoms with E-state index in [9.17, 15) is 4.79 Å². The molecule has 4 aliphatic rings. The molecule has 7 atom stereocenters. The number of ketones is 1. The Morgan fingerprint density at radius 3 is 1.77 bits per heavy atom. The van der Waals surface area contributed by atoms with E-state index in [2.05, 4.69) is 0 Å². The topological polar surface area (TPSA) is 109 Å². The Morgan fingerprint density at radius 2 is 1.25 bits per heavy atom. The molecule has 3 aromatic carbocycles. The molecule has 11 heteroatoms. The Kier molecular flexibility index (Phi) is 8.37. The number of ether oxygens (including phenoxy) is 10. The number of carbonyl (C=O) groups is 1. The van der Waals surface area contributed by atoms with Crippen LogP contribution in [0.3, 0.4) is 0 Å². The van der Waals surface area contributed by atoms with Gasteiger partial charge in [-0.2, -0.15) is 0 Å². The second kappa shape index (κ2) is 12.4. The first kappa shape index (κ1) is 32.4. The summed E-state index contributed by atoms with van der Waals surface area (Å²) < 4.78 is 63.8. The smallest absolute Gasteiger partial charge is 0.285 e. The minimum Gasteiger partial charge on any atom is -0.492 e. The van der Waals surface area contributed by atoms with Crippen LogP contribution in [0.15, 0.2) is 72.0 Å². The van der Waals surface area contributed by atoms with Gasteiger partial charge in [0.05, 0.1) is 43.1 Å². The highest BCUT2D eigenvalue weighted by atomic mass is 16.8. The fraction of sp³-hybridized carbons (Fsp3) is 0.432. The van der Waals surface area contributed by atoms with Crippen molar-refractivity contribution in [1.29, 1.82) is 0 Å². The molecule has 48 heavy (non-hydrogen) atoms. The van der Waals surface area contributed by atoms with Crippen molar-refractivity contribution in [2.45, 2.75) is 54.7 Å². The molecule has 0 aromatic heterocycles. The van der Waals surface area contributed by atoms with E-state index >= 15 is 0 Å². The van der Waals surface area contributed by atoms with Gasteiger partial charge in [-0.15, -0.1) is 0 Å². The Bertz CT molecular complexity index is 1720. The maximum absolute atomic E-state index is 14.5. The normalized spacial score (nSPS) is 30.2. The third kappa shape index (κ3) is 4.28. The van der Waals surface area contributed by atoms with Crippen LogP contribution in [0.4, 0.5) is 0 Å². The average Bonchev–Trinajstić information content (AvgIpc) is 3.46. The standard InChI is InChI=1S/C37H40O11/c1-39-24-19-23(21-16-12-9-13-17-21)47-34-26(24)29(38)35(43-5)37(45-7)36(34,44-6)28-30(48-37)27-25(40-2)18-22(20-14-10-8-11-15-20)46-31(27)33(42-4)32(28)41-3/h8-17,22-25,35H,18-19H2,1-7H3. The fourth-order valence-corrected chi connectivity index (χ4v) is 7.94. The van der Waals surface area contributed by atoms with Gasteiger partial charge in [0.1, 0.15) is 18.0 Å². The maximum atomic E-state index is 14.5. The van der Waals surface area contributed by atoms with Gasteiger partial charge in [-0.25, -0.2) is 0 Å². The minimum absolute atomic E-state index is 0.184. The van der Waals surface area contributed by atoms with Crippen LogP contribution in [0.2, 0.25) is 0 Å². The van der Waals surface area contributed by atoms with Gasteiger partial charge in [-0.3, -0.25) is 4.79 Å². The molecule has 7 unspecified atom stereocenters. The van der Waals surface area contributed by atoms with Crippen molar-refractivity contribution < 1.29 is 52.2 Å². The second-order valence-corrected chi connectivity index (χ2v) is 12.0. The van der Waals surface area contributed by atoms with Crippen molar-refractivity contribution in [3.8, 4) is 23.0 Å². The molecule has 3 aromatic rings. The molecule has 7 rings (SSSR count). The number of benzene rings is 3. The van der Waals surface area contributed by atoms with Crippen molar-refractivity contribution in [3.05, 3.63) is 94.2 Å². The maximum Gasteiger partial charge on any atom is 0.285 e. The molecular weight excluding hydrogens is 620 g/mol. The van der Waals surface area contributed by atoms with E-state index in [1.807, 2.05) is 60.7 Å². The van der Waals surface area contributed by atoms with Crippen LogP contribution in [-0.2, 0) is 38.8 Å². The summed E-state index contributed by atoms with van der Waals surface area (Å²) in [5, 5.41) is 0. The number of methoxy groups -OCH3 is 7. The Morgan fingerprint density at radius 1 is 0.667 bits per heavy atom. The summed E-state index contributed by atoms with van der Waals surface area (Å²) >= 11 is 0. The molecule has 0 amide bonds. The molecule has 0 fully saturated rings. The van der Waals surface area contributed by atoms with Crippen LogP contribution in [0.1, 0.15) is 53.4 Å². The first-order chi connectivity index (χ1) is 23.4. The Hall–Kier alpha value is -4.13. The highest BCUT2D eigenvalue weighted by Gasteiger charge is 2.77. The highest BCUT2D eigenvalue weighted by molar-refractivity contribution is 6.03. The molecule has 254 valence electrons. The van der Waals surface area contributed by atoms with Crippen molar-refractivity contribution >= 4 is 5.78 Å². The minimum atomic E-state index is -1.92. The largest absolute Gasteiger partial charge is 0.492 e. The van der Waals surface area contributed by atoms with E-state index in [0.29, 0.717) is 41.2 Å². The third-order valence-electron chi connectivity index (χ3n) is 10.1. The predicted molar refractivity (Wildman–Crippen MR) is 171 cm³/mol. The quantitative estimate of drug-likeness (QED) is 0.290. The molecule has 0 radical (unpaired) electrons. The lowest BCUT2D eigenvalue weighted by atomic mass is 9.70. The zero-order chi connectivity index (χ0) is 33.8. The molecule has 0 saturated heterocycles.